The molecule has 17 heavy (non-hydrogen) atoms. The predicted octanol–water partition coefficient (Wildman–Crippen LogP) is 3.50. The lowest BCUT2D eigenvalue weighted by molar-refractivity contribution is -0.107. The molecule has 0 heterocycles. The highest BCUT2D eigenvalue weighted by Crippen LogP contribution is 2.20. The number of hydrogen-bond donors (Lipinski definition) is 0. The van der Waals surface area contributed by atoms with Crippen LogP contribution in [0.15, 0.2) is 54.6 Å². The minimum absolute atomic E-state index is 0.546. The van der Waals surface area contributed by atoms with Crippen molar-refractivity contribution in [2.24, 2.45) is 0 Å². The third-order valence-electron chi connectivity index (χ3n) is 2.46. The SMILES string of the molecule is O=CN(Cc1ccccc1)c1cccc(Cl)c1. The third kappa shape index (κ3) is 3.08. The maximum Gasteiger partial charge on any atom is 0.214 e. The number of halogens is 1. The van der Waals surface area contributed by atoms with Crippen molar-refractivity contribution in [2.45, 2.75) is 6.54 Å². The van der Waals surface area contributed by atoms with E-state index in [2.05, 4.69) is 0 Å². The fourth-order valence-electron chi connectivity index (χ4n) is 1.62. The van der Waals surface area contributed by atoms with Crippen molar-refractivity contribution in [2.75, 3.05) is 4.90 Å². The second-order valence-electron chi connectivity index (χ2n) is 3.70. The topological polar surface area (TPSA) is 20.3 Å². The second kappa shape index (κ2) is 5.51. The Balaban J connectivity index is 2.20. The molecule has 0 atom stereocenters. The zero-order chi connectivity index (χ0) is 12.1. The van der Waals surface area contributed by atoms with Gasteiger partial charge in [0.25, 0.3) is 0 Å². The first kappa shape index (κ1) is 11.7. The van der Waals surface area contributed by atoms with Crippen molar-refractivity contribution in [3.63, 3.8) is 0 Å². The number of carbonyl (C=O) groups is 1. The van der Waals surface area contributed by atoms with Gasteiger partial charge in [-0.3, -0.25) is 4.79 Å². The Morgan fingerprint density at radius 3 is 2.47 bits per heavy atom. The molecule has 0 aliphatic rings. The molecule has 2 nitrogen and oxygen atoms in total. The number of anilines is 1. The third-order valence-corrected chi connectivity index (χ3v) is 2.70. The molecule has 0 spiro atoms. The van der Waals surface area contributed by atoms with Gasteiger partial charge in [0.1, 0.15) is 0 Å². The summed E-state index contributed by atoms with van der Waals surface area (Å²) in [5.74, 6) is 0. The van der Waals surface area contributed by atoms with Crippen molar-refractivity contribution in [1.82, 2.24) is 0 Å². The Hall–Kier alpha value is -1.80. The van der Waals surface area contributed by atoms with Crippen LogP contribution in [0.2, 0.25) is 5.02 Å². The van der Waals surface area contributed by atoms with Crippen LogP contribution >= 0.6 is 11.6 Å². The first-order valence-electron chi connectivity index (χ1n) is 5.31. The van der Waals surface area contributed by atoms with Gasteiger partial charge >= 0.3 is 0 Å². The number of carbonyl (C=O) groups excluding carboxylic acids is 1. The number of hydrogen-bond acceptors (Lipinski definition) is 1. The molecule has 3 heteroatoms. The van der Waals surface area contributed by atoms with Gasteiger partial charge in [0.2, 0.25) is 6.41 Å². The minimum atomic E-state index is 0.546. The molecule has 2 aromatic rings. The molecular formula is C14H12ClNO. The van der Waals surface area contributed by atoms with Crippen LogP contribution in [0.1, 0.15) is 5.56 Å². The van der Waals surface area contributed by atoms with Crippen LogP contribution < -0.4 is 4.90 Å². The summed E-state index contributed by atoms with van der Waals surface area (Å²) in [6.07, 6.45) is 0.818. The molecule has 0 fully saturated rings. The first-order chi connectivity index (χ1) is 8.29. The van der Waals surface area contributed by atoms with E-state index in [1.54, 1.807) is 17.0 Å². The highest BCUT2D eigenvalue weighted by molar-refractivity contribution is 6.30. The van der Waals surface area contributed by atoms with Crippen LogP contribution in [0.4, 0.5) is 5.69 Å². The number of nitrogens with zero attached hydrogens (tertiary/aromatic N) is 1. The summed E-state index contributed by atoms with van der Waals surface area (Å²) in [5, 5.41) is 0.627. The van der Waals surface area contributed by atoms with Gasteiger partial charge < -0.3 is 4.90 Å². The molecule has 0 saturated heterocycles. The summed E-state index contributed by atoms with van der Waals surface area (Å²) in [5.41, 5.74) is 1.89. The minimum Gasteiger partial charge on any atom is -0.311 e. The quantitative estimate of drug-likeness (QED) is 0.755. The molecule has 1 amide bonds. The zero-order valence-electron chi connectivity index (χ0n) is 9.21. The van der Waals surface area contributed by atoms with Crippen LogP contribution in [0.5, 0.6) is 0 Å². The maximum atomic E-state index is 11.1. The van der Waals surface area contributed by atoms with E-state index in [0.717, 1.165) is 17.7 Å². The van der Waals surface area contributed by atoms with E-state index in [1.807, 2.05) is 42.5 Å². The monoisotopic (exact) mass is 245 g/mol. The fraction of sp³-hybridized carbons (Fsp3) is 0.0714. The van der Waals surface area contributed by atoms with Crippen LogP contribution in [-0.2, 0) is 11.3 Å². The van der Waals surface area contributed by atoms with Gasteiger partial charge in [-0.15, -0.1) is 0 Å². The highest BCUT2D eigenvalue weighted by Gasteiger charge is 2.06. The molecule has 0 aromatic heterocycles. The first-order valence-corrected chi connectivity index (χ1v) is 5.69. The van der Waals surface area contributed by atoms with E-state index in [9.17, 15) is 4.79 Å². The van der Waals surface area contributed by atoms with E-state index in [4.69, 9.17) is 11.6 Å². The molecule has 0 aliphatic heterocycles. The zero-order valence-corrected chi connectivity index (χ0v) is 9.97. The largest absolute Gasteiger partial charge is 0.311 e. The predicted molar refractivity (Wildman–Crippen MR) is 70.1 cm³/mol. The summed E-state index contributed by atoms with van der Waals surface area (Å²) in [4.78, 5) is 12.7. The summed E-state index contributed by atoms with van der Waals surface area (Å²) >= 11 is 5.91. The van der Waals surface area contributed by atoms with Crippen molar-refractivity contribution >= 4 is 23.7 Å². The Morgan fingerprint density at radius 2 is 1.82 bits per heavy atom. The van der Waals surface area contributed by atoms with E-state index in [-0.39, 0.29) is 0 Å². The lowest BCUT2D eigenvalue weighted by Gasteiger charge is -2.17. The Morgan fingerprint density at radius 1 is 1.06 bits per heavy atom. The summed E-state index contributed by atoms with van der Waals surface area (Å²) in [7, 11) is 0. The Kier molecular flexibility index (Phi) is 3.78. The summed E-state index contributed by atoms with van der Waals surface area (Å²) < 4.78 is 0. The Labute approximate surface area is 105 Å². The summed E-state index contributed by atoms with van der Waals surface area (Å²) in [6, 6.07) is 17.1. The fourth-order valence-corrected chi connectivity index (χ4v) is 1.81. The van der Waals surface area contributed by atoms with Gasteiger partial charge in [-0.1, -0.05) is 48.0 Å². The van der Waals surface area contributed by atoms with Crippen molar-refractivity contribution in [3.05, 3.63) is 65.2 Å². The molecule has 2 aromatic carbocycles. The molecule has 0 N–H and O–H groups in total. The number of amides is 1. The average molecular weight is 246 g/mol. The molecule has 0 aliphatic carbocycles. The molecule has 86 valence electrons. The molecule has 0 bridgehead atoms. The average Bonchev–Trinajstić information content (AvgIpc) is 2.37. The smallest absolute Gasteiger partial charge is 0.214 e. The van der Waals surface area contributed by atoms with E-state index in [1.165, 1.54) is 0 Å². The van der Waals surface area contributed by atoms with Crippen molar-refractivity contribution in [1.29, 1.82) is 0 Å². The lowest BCUT2D eigenvalue weighted by Crippen LogP contribution is -2.20. The standard InChI is InChI=1S/C14H12ClNO/c15-13-7-4-8-14(9-13)16(11-17)10-12-5-2-1-3-6-12/h1-9,11H,10H2. The molecule has 2 rings (SSSR count). The molecule has 0 unspecified atom stereocenters. The number of benzene rings is 2. The van der Waals surface area contributed by atoms with Gasteiger partial charge in [-0.25, -0.2) is 0 Å². The molecule has 0 saturated carbocycles. The van der Waals surface area contributed by atoms with Crippen LogP contribution in [0, 0.1) is 0 Å². The summed E-state index contributed by atoms with van der Waals surface area (Å²) in [6.45, 7) is 0.546. The van der Waals surface area contributed by atoms with Crippen LogP contribution in [-0.4, -0.2) is 6.41 Å². The second-order valence-corrected chi connectivity index (χ2v) is 4.14. The van der Waals surface area contributed by atoms with Crippen molar-refractivity contribution < 1.29 is 4.79 Å². The lowest BCUT2D eigenvalue weighted by atomic mass is 10.2. The van der Waals surface area contributed by atoms with Crippen LogP contribution in [0.25, 0.3) is 0 Å². The van der Waals surface area contributed by atoms with E-state index >= 15 is 0 Å². The number of rotatable bonds is 4. The van der Waals surface area contributed by atoms with Gasteiger partial charge in [-0.05, 0) is 23.8 Å². The van der Waals surface area contributed by atoms with Crippen molar-refractivity contribution in [3.8, 4) is 0 Å². The molecular weight excluding hydrogens is 234 g/mol. The highest BCUT2D eigenvalue weighted by atomic mass is 35.5. The molecule has 0 radical (unpaired) electrons. The normalized spacial score (nSPS) is 9.94. The van der Waals surface area contributed by atoms with Crippen LogP contribution in [0.3, 0.4) is 0 Å². The Bertz CT molecular complexity index is 499. The van der Waals surface area contributed by atoms with E-state index < -0.39 is 0 Å². The van der Waals surface area contributed by atoms with Gasteiger partial charge in [0.15, 0.2) is 0 Å². The van der Waals surface area contributed by atoms with Gasteiger partial charge in [0, 0.05) is 10.7 Å². The van der Waals surface area contributed by atoms with E-state index in [0.29, 0.717) is 11.6 Å². The van der Waals surface area contributed by atoms with Gasteiger partial charge in [-0.2, -0.15) is 0 Å². The van der Waals surface area contributed by atoms with Gasteiger partial charge in [0.05, 0.1) is 6.54 Å². The maximum absolute atomic E-state index is 11.1.